The molecular weight excluding hydrogens is 359 g/mol. The van der Waals surface area contributed by atoms with E-state index in [2.05, 4.69) is 9.10 Å². The number of hydrogen-bond donors (Lipinski definition) is 2. The molecule has 1 aromatic carbocycles. The number of sulfonamides is 1. The summed E-state index contributed by atoms with van der Waals surface area (Å²) in [5, 5.41) is 8.95. The standard InChI is InChI=1S/C11H8Cl2N2O4S2/c1-5-8(11(16)17)10(20-14-5)15-21(18,19)7-4-2-3-6(12)9(7)13/h2-4,15H,1H3,(H,16,17). The van der Waals surface area contributed by atoms with Gasteiger partial charge in [0.1, 0.15) is 15.5 Å². The van der Waals surface area contributed by atoms with Gasteiger partial charge in [-0.3, -0.25) is 4.72 Å². The molecule has 0 fully saturated rings. The highest BCUT2D eigenvalue weighted by atomic mass is 35.5. The molecule has 6 nitrogen and oxygen atoms in total. The van der Waals surface area contributed by atoms with Gasteiger partial charge in [0.2, 0.25) is 0 Å². The highest BCUT2D eigenvalue weighted by molar-refractivity contribution is 7.93. The Labute approximate surface area is 134 Å². The van der Waals surface area contributed by atoms with Gasteiger partial charge in [0, 0.05) is 0 Å². The van der Waals surface area contributed by atoms with Crippen molar-refractivity contribution in [3.63, 3.8) is 0 Å². The van der Waals surface area contributed by atoms with Gasteiger partial charge in [0.15, 0.2) is 0 Å². The van der Waals surface area contributed by atoms with Crippen LogP contribution in [0.25, 0.3) is 0 Å². The summed E-state index contributed by atoms with van der Waals surface area (Å²) in [6.45, 7) is 1.48. The predicted molar refractivity (Wildman–Crippen MR) is 81.1 cm³/mol. The number of aromatic carboxylic acids is 1. The van der Waals surface area contributed by atoms with E-state index in [1.807, 2.05) is 0 Å². The normalized spacial score (nSPS) is 11.4. The van der Waals surface area contributed by atoms with Gasteiger partial charge in [0.05, 0.1) is 15.7 Å². The molecule has 1 heterocycles. The van der Waals surface area contributed by atoms with E-state index in [4.69, 9.17) is 28.3 Å². The number of aromatic nitrogens is 1. The Hall–Kier alpha value is -1.35. The van der Waals surface area contributed by atoms with Crippen LogP contribution in [0.15, 0.2) is 23.1 Å². The molecule has 112 valence electrons. The molecule has 2 N–H and O–H groups in total. The van der Waals surface area contributed by atoms with Gasteiger partial charge in [-0.2, -0.15) is 4.37 Å². The largest absolute Gasteiger partial charge is 0.478 e. The number of carboxylic acids is 1. The third-order valence-corrected chi connectivity index (χ3v) is 5.82. The van der Waals surface area contributed by atoms with Crippen molar-refractivity contribution < 1.29 is 18.3 Å². The average molecular weight is 367 g/mol. The van der Waals surface area contributed by atoms with Crippen LogP contribution in [0.1, 0.15) is 16.1 Å². The van der Waals surface area contributed by atoms with Gasteiger partial charge in [-0.05, 0) is 30.6 Å². The maximum absolute atomic E-state index is 12.3. The lowest BCUT2D eigenvalue weighted by Gasteiger charge is -2.09. The van der Waals surface area contributed by atoms with E-state index in [0.29, 0.717) is 0 Å². The Balaban J connectivity index is 2.48. The van der Waals surface area contributed by atoms with Gasteiger partial charge < -0.3 is 5.11 Å². The first-order valence-electron chi connectivity index (χ1n) is 5.40. The Morgan fingerprint density at radius 3 is 2.67 bits per heavy atom. The fourth-order valence-corrected chi connectivity index (χ4v) is 4.40. The zero-order valence-corrected chi connectivity index (χ0v) is 13.6. The first kappa shape index (κ1) is 16.0. The minimum absolute atomic E-state index is 0.0819. The highest BCUT2D eigenvalue weighted by Crippen LogP contribution is 2.32. The van der Waals surface area contributed by atoms with Crippen molar-refractivity contribution in [3.8, 4) is 0 Å². The molecular formula is C11H8Cl2N2O4S2. The number of nitrogens with one attached hydrogen (secondary N) is 1. The maximum atomic E-state index is 12.3. The lowest BCUT2D eigenvalue weighted by molar-refractivity contribution is 0.0697. The first-order valence-corrected chi connectivity index (χ1v) is 8.41. The van der Waals surface area contributed by atoms with E-state index >= 15 is 0 Å². The molecule has 10 heteroatoms. The molecule has 0 atom stereocenters. The third kappa shape index (κ3) is 3.13. The molecule has 0 saturated carbocycles. The summed E-state index contributed by atoms with van der Waals surface area (Å²) in [6, 6.07) is 4.14. The number of carboxylic acid groups (broad SMARTS) is 1. The van der Waals surface area contributed by atoms with Crippen molar-refractivity contribution in [1.82, 2.24) is 4.37 Å². The first-order chi connectivity index (χ1) is 9.74. The Morgan fingerprint density at radius 1 is 1.38 bits per heavy atom. The Morgan fingerprint density at radius 2 is 2.05 bits per heavy atom. The molecule has 0 aliphatic heterocycles. The number of carbonyl (C=O) groups is 1. The molecule has 2 rings (SSSR count). The summed E-state index contributed by atoms with van der Waals surface area (Å²) in [6.07, 6.45) is 0. The molecule has 0 saturated heterocycles. The van der Waals surface area contributed by atoms with Crippen LogP contribution in [0.3, 0.4) is 0 Å². The zero-order valence-electron chi connectivity index (χ0n) is 10.4. The molecule has 0 bridgehead atoms. The number of rotatable bonds is 4. The van der Waals surface area contributed by atoms with Gasteiger partial charge in [0.25, 0.3) is 10.0 Å². The molecule has 0 radical (unpaired) electrons. The van der Waals surface area contributed by atoms with E-state index in [-0.39, 0.29) is 31.2 Å². The highest BCUT2D eigenvalue weighted by Gasteiger charge is 2.25. The van der Waals surface area contributed by atoms with E-state index < -0.39 is 16.0 Å². The second-order valence-electron chi connectivity index (χ2n) is 3.93. The van der Waals surface area contributed by atoms with Gasteiger partial charge >= 0.3 is 5.97 Å². The number of nitrogens with zero attached hydrogens (tertiary/aromatic N) is 1. The maximum Gasteiger partial charge on any atom is 0.340 e. The summed E-state index contributed by atoms with van der Waals surface area (Å²) in [5.74, 6) is -1.27. The molecule has 0 spiro atoms. The quantitative estimate of drug-likeness (QED) is 0.865. The third-order valence-electron chi connectivity index (χ3n) is 2.51. The monoisotopic (exact) mass is 366 g/mol. The van der Waals surface area contributed by atoms with Crippen LogP contribution < -0.4 is 4.72 Å². The SMILES string of the molecule is Cc1nsc(NS(=O)(=O)c2cccc(Cl)c2Cl)c1C(=O)O. The van der Waals surface area contributed by atoms with Gasteiger partial charge in [-0.1, -0.05) is 29.3 Å². The fraction of sp³-hybridized carbons (Fsp3) is 0.0909. The van der Waals surface area contributed by atoms with Crippen molar-refractivity contribution in [1.29, 1.82) is 0 Å². The summed E-state index contributed by atoms with van der Waals surface area (Å²) in [4.78, 5) is 10.9. The molecule has 21 heavy (non-hydrogen) atoms. The number of anilines is 1. The van der Waals surface area contributed by atoms with Crippen LogP contribution >= 0.6 is 34.7 Å². The number of aryl methyl sites for hydroxylation is 1. The van der Waals surface area contributed by atoms with Crippen LogP contribution in [0.4, 0.5) is 5.00 Å². The molecule has 0 aliphatic carbocycles. The van der Waals surface area contributed by atoms with E-state index in [1.165, 1.54) is 25.1 Å². The molecule has 1 aromatic heterocycles. The topological polar surface area (TPSA) is 96.4 Å². The fourth-order valence-electron chi connectivity index (χ4n) is 1.56. The van der Waals surface area contributed by atoms with Crippen molar-refractivity contribution in [3.05, 3.63) is 39.5 Å². The van der Waals surface area contributed by atoms with Crippen molar-refractivity contribution >= 4 is 55.7 Å². The van der Waals surface area contributed by atoms with Crippen molar-refractivity contribution in [2.24, 2.45) is 0 Å². The minimum atomic E-state index is -4.07. The molecule has 2 aromatic rings. The lowest BCUT2D eigenvalue weighted by atomic mass is 10.2. The Kier molecular flexibility index (Phi) is 4.43. The minimum Gasteiger partial charge on any atom is -0.478 e. The van der Waals surface area contributed by atoms with Crippen LogP contribution in [0.5, 0.6) is 0 Å². The van der Waals surface area contributed by atoms with Crippen LogP contribution in [0.2, 0.25) is 10.0 Å². The van der Waals surface area contributed by atoms with Crippen LogP contribution in [0, 0.1) is 6.92 Å². The molecule has 0 amide bonds. The van der Waals surface area contributed by atoms with Crippen LogP contribution in [-0.2, 0) is 10.0 Å². The van der Waals surface area contributed by atoms with E-state index in [1.54, 1.807) is 0 Å². The summed E-state index contributed by atoms with van der Waals surface area (Å²) < 4.78 is 30.6. The number of benzene rings is 1. The van der Waals surface area contributed by atoms with Crippen molar-refractivity contribution in [2.45, 2.75) is 11.8 Å². The van der Waals surface area contributed by atoms with E-state index in [9.17, 15) is 13.2 Å². The second kappa shape index (κ2) is 5.80. The molecule has 0 unspecified atom stereocenters. The van der Waals surface area contributed by atoms with Gasteiger partial charge in [-0.25, -0.2) is 13.2 Å². The summed E-state index contributed by atoms with van der Waals surface area (Å²) in [5.41, 5.74) is 0.0316. The van der Waals surface area contributed by atoms with Crippen molar-refractivity contribution in [2.75, 3.05) is 4.72 Å². The smallest absolute Gasteiger partial charge is 0.340 e. The summed E-state index contributed by atoms with van der Waals surface area (Å²) in [7, 11) is -4.07. The van der Waals surface area contributed by atoms with Crippen LogP contribution in [-0.4, -0.2) is 23.9 Å². The van der Waals surface area contributed by atoms with Gasteiger partial charge in [-0.15, -0.1) is 0 Å². The second-order valence-corrected chi connectivity index (χ2v) is 7.14. The molecule has 0 aliphatic rings. The number of halogens is 2. The van der Waals surface area contributed by atoms with E-state index in [0.717, 1.165) is 11.5 Å². The predicted octanol–water partition coefficient (Wildman–Crippen LogP) is 3.26. The lowest BCUT2D eigenvalue weighted by Crippen LogP contribution is -2.15. The Bertz CT molecular complexity index is 818. The zero-order chi connectivity index (χ0) is 15.8. The summed E-state index contributed by atoms with van der Waals surface area (Å²) >= 11 is 12.4. The average Bonchev–Trinajstić information content (AvgIpc) is 2.72. The number of hydrogen-bond acceptors (Lipinski definition) is 5.